The van der Waals surface area contributed by atoms with Crippen LogP contribution in [-0.2, 0) is 4.74 Å². The Morgan fingerprint density at radius 1 is 1.25 bits per heavy atom. The summed E-state index contributed by atoms with van der Waals surface area (Å²) in [6.07, 6.45) is 5.42. The van der Waals surface area contributed by atoms with Crippen molar-refractivity contribution in [2.45, 2.75) is 0 Å². The van der Waals surface area contributed by atoms with E-state index in [-0.39, 0.29) is 5.97 Å². The summed E-state index contributed by atoms with van der Waals surface area (Å²) in [5, 5.41) is 4.18. The molecule has 0 aliphatic carbocycles. The predicted molar refractivity (Wildman–Crippen MR) is 74.7 cm³/mol. The van der Waals surface area contributed by atoms with Crippen molar-refractivity contribution in [2.24, 2.45) is 0 Å². The van der Waals surface area contributed by atoms with Crippen LogP contribution >= 0.6 is 0 Å². The smallest absolute Gasteiger partial charge is 0.354 e. The van der Waals surface area contributed by atoms with E-state index in [0.29, 0.717) is 5.69 Å². The number of ether oxygens (including phenoxy) is 1. The van der Waals surface area contributed by atoms with E-state index in [2.05, 4.69) is 14.8 Å². The van der Waals surface area contributed by atoms with E-state index >= 15 is 0 Å². The average molecular weight is 267 g/mol. The van der Waals surface area contributed by atoms with Crippen LogP contribution in [0.2, 0.25) is 0 Å². The fourth-order valence-corrected chi connectivity index (χ4v) is 2.02. The highest BCUT2D eigenvalue weighted by Crippen LogP contribution is 2.22. The SMILES string of the molecule is COC(=O)c1cc(-c2ccc(-n3cccn3)cc2)c[nH]1. The minimum Gasteiger partial charge on any atom is -0.464 e. The van der Waals surface area contributed by atoms with Crippen LogP contribution < -0.4 is 0 Å². The molecule has 0 aliphatic rings. The van der Waals surface area contributed by atoms with Gasteiger partial charge in [0.05, 0.1) is 12.8 Å². The molecule has 3 aromatic rings. The molecule has 20 heavy (non-hydrogen) atoms. The normalized spacial score (nSPS) is 10.4. The maximum atomic E-state index is 11.4. The molecule has 0 aliphatic heterocycles. The zero-order chi connectivity index (χ0) is 13.9. The van der Waals surface area contributed by atoms with Crippen LogP contribution in [0.25, 0.3) is 16.8 Å². The van der Waals surface area contributed by atoms with Gasteiger partial charge in [-0.15, -0.1) is 0 Å². The predicted octanol–water partition coefficient (Wildman–Crippen LogP) is 2.65. The number of methoxy groups -OCH3 is 1. The molecule has 0 spiro atoms. The summed E-state index contributed by atoms with van der Waals surface area (Å²) in [5.41, 5.74) is 3.39. The molecular weight excluding hydrogens is 254 g/mol. The minimum absolute atomic E-state index is 0.371. The number of hydrogen-bond donors (Lipinski definition) is 1. The molecule has 0 saturated heterocycles. The maximum Gasteiger partial charge on any atom is 0.354 e. The first-order chi connectivity index (χ1) is 9.78. The number of rotatable bonds is 3. The molecule has 0 saturated carbocycles. The quantitative estimate of drug-likeness (QED) is 0.742. The number of aromatic amines is 1. The molecule has 0 unspecified atom stereocenters. The van der Waals surface area contributed by atoms with E-state index in [1.165, 1.54) is 7.11 Å². The Morgan fingerprint density at radius 3 is 2.70 bits per heavy atom. The third-order valence-electron chi connectivity index (χ3n) is 3.06. The Balaban J connectivity index is 1.88. The number of H-pyrrole nitrogens is 1. The zero-order valence-corrected chi connectivity index (χ0v) is 10.9. The lowest BCUT2D eigenvalue weighted by Gasteiger charge is -2.02. The molecule has 0 fully saturated rings. The lowest BCUT2D eigenvalue weighted by Crippen LogP contribution is -2.00. The van der Waals surface area contributed by atoms with E-state index < -0.39 is 0 Å². The highest BCUT2D eigenvalue weighted by atomic mass is 16.5. The minimum atomic E-state index is -0.371. The van der Waals surface area contributed by atoms with Gasteiger partial charge in [-0.1, -0.05) is 12.1 Å². The maximum absolute atomic E-state index is 11.4. The van der Waals surface area contributed by atoms with E-state index in [4.69, 9.17) is 0 Å². The third-order valence-corrected chi connectivity index (χ3v) is 3.06. The van der Waals surface area contributed by atoms with Crippen molar-refractivity contribution in [2.75, 3.05) is 7.11 Å². The van der Waals surface area contributed by atoms with E-state index in [0.717, 1.165) is 16.8 Å². The summed E-state index contributed by atoms with van der Waals surface area (Å²) in [7, 11) is 1.36. The van der Waals surface area contributed by atoms with Gasteiger partial charge in [-0.25, -0.2) is 9.48 Å². The molecule has 1 aromatic carbocycles. The van der Waals surface area contributed by atoms with Crippen LogP contribution in [0.5, 0.6) is 0 Å². The van der Waals surface area contributed by atoms with Gasteiger partial charge in [-0.3, -0.25) is 0 Å². The van der Waals surface area contributed by atoms with Crippen molar-refractivity contribution in [3.8, 4) is 16.8 Å². The van der Waals surface area contributed by atoms with Crippen LogP contribution in [0.3, 0.4) is 0 Å². The summed E-state index contributed by atoms with van der Waals surface area (Å²) < 4.78 is 6.46. The Morgan fingerprint density at radius 2 is 2.05 bits per heavy atom. The van der Waals surface area contributed by atoms with Gasteiger partial charge >= 0.3 is 5.97 Å². The van der Waals surface area contributed by atoms with Crippen LogP contribution in [0.4, 0.5) is 0 Å². The lowest BCUT2D eigenvalue weighted by molar-refractivity contribution is 0.0595. The molecule has 2 aromatic heterocycles. The van der Waals surface area contributed by atoms with Crippen molar-refractivity contribution in [3.63, 3.8) is 0 Å². The second-order valence-electron chi connectivity index (χ2n) is 4.29. The highest BCUT2D eigenvalue weighted by Gasteiger charge is 2.09. The highest BCUT2D eigenvalue weighted by molar-refractivity contribution is 5.89. The average Bonchev–Trinajstić information content (AvgIpc) is 3.18. The molecule has 5 heteroatoms. The summed E-state index contributed by atoms with van der Waals surface area (Å²) >= 11 is 0. The summed E-state index contributed by atoms with van der Waals surface area (Å²) in [5.74, 6) is -0.371. The number of carbonyl (C=O) groups excluding carboxylic acids is 1. The first-order valence-corrected chi connectivity index (χ1v) is 6.15. The van der Waals surface area contributed by atoms with Crippen LogP contribution in [0.15, 0.2) is 55.0 Å². The van der Waals surface area contributed by atoms with Crippen LogP contribution in [0.1, 0.15) is 10.5 Å². The second-order valence-corrected chi connectivity index (χ2v) is 4.29. The summed E-state index contributed by atoms with van der Waals surface area (Å²) in [6, 6.07) is 11.6. The topological polar surface area (TPSA) is 59.9 Å². The number of nitrogens with zero attached hydrogens (tertiary/aromatic N) is 2. The van der Waals surface area contributed by atoms with Gasteiger partial charge in [0.1, 0.15) is 5.69 Å². The van der Waals surface area contributed by atoms with Gasteiger partial charge in [0, 0.05) is 18.6 Å². The third kappa shape index (κ3) is 2.21. The number of nitrogens with one attached hydrogen (secondary N) is 1. The first-order valence-electron chi connectivity index (χ1n) is 6.15. The van der Waals surface area contributed by atoms with Crippen molar-refractivity contribution in [1.29, 1.82) is 0 Å². The van der Waals surface area contributed by atoms with Crippen molar-refractivity contribution < 1.29 is 9.53 Å². The number of esters is 1. The number of carbonyl (C=O) groups is 1. The number of aromatic nitrogens is 3. The second kappa shape index (κ2) is 5.05. The van der Waals surface area contributed by atoms with Gasteiger partial charge in [0.15, 0.2) is 0 Å². The number of benzene rings is 1. The monoisotopic (exact) mass is 267 g/mol. The lowest BCUT2D eigenvalue weighted by atomic mass is 10.1. The Kier molecular flexibility index (Phi) is 3.09. The fraction of sp³-hybridized carbons (Fsp3) is 0.0667. The summed E-state index contributed by atoms with van der Waals surface area (Å²) in [4.78, 5) is 14.3. The molecule has 100 valence electrons. The standard InChI is InChI=1S/C15H13N3O2/c1-20-15(19)14-9-12(10-16-14)11-3-5-13(6-4-11)18-8-2-7-17-18/h2-10,16H,1H3. The van der Waals surface area contributed by atoms with Crippen molar-refractivity contribution in [1.82, 2.24) is 14.8 Å². The van der Waals surface area contributed by atoms with Gasteiger partial charge in [0.25, 0.3) is 0 Å². The van der Waals surface area contributed by atoms with Crippen LogP contribution in [-0.4, -0.2) is 27.8 Å². The van der Waals surface area contributed by atoms with Gasteiger partial charge < -0.3 is 9.72 Å². The fourth-order valence-electron chi connectivity index (χ4n) is 2.02. The van der Waals surface area contributed by atoms with E-state index in [9.17, 15) is 4.79 Å². The molecule has 0 amide bonds. The van der Waals surface area contributed by atoms with E-state index in [1.54, 1.807) is 23.1 Å². The molecule has 3 rings (SSSR count). The summed E-state index contributed by atoms with van der Waals surface area (Å²) in [6.45, 7) is 0. The molecule has 0 radical (unpaired) electrons. The van der Waals surface area contributed by atoms with Gasteiger partial charge in [-0.2, -0.15) is 5.10 Å². The van der Waals surface area contributed by atoms with Gasteiger partial charge in [0.2, 0.25) is 0 Å². The molecule has 5 nitrogen and oxygen atoms in total. The molecule has 1 N–H and O–H groups in total. The number of hydrogen-bond acceptors (Lipinski definition) is 3. The molecular formula is C15H13N3O2. The Bertz CT molecular complexity index is 712. The largest absolute Gasteiger partial charge is 0.464 e. The Labute approximate surface area is 115 Å². The molecule has 2 heterocycles. The van der Waals surface area contributed by atoms with E-state index in [1.807, 2.05) is 36.5 Å². The van der Waals surface area contributed by atoms with Gasteiger partial charge in [-0.05, 0) is 35.4 Å². The molecule has 0 atom stereocenters. The zero-order valence-electron chi connectivity index (χ0n) is 10.9. The van der Waals surface area contributed by atoms with Crippen LogP contribution in [0, 0.1) is 0 Å². The van der Waals surface area contributed by atoms with Crippen molar-refractivity contribution in [3.05, 3.63) is 60.7 Å². The Hall–Kier alpha value is -2.82. The molecule has 0 bridgehead atoms. The van der Waals surface area contributed by atoms with Crippen molar-refractivity contribution >= 4 is 5.97 Å². The first kappa shape index (κ1) is 12.2.